The lowest BCUT2D eigenvalue weighted by Crippen LogP contribution is -2.46. The molecular formula is C16H30N4O2. The summed E-state index contributed by atoms with van der Waals surface area (Å²) in [5, 5.41) is 6.56. The Balaban J connectivity index is 1.73. The average Bonchev–Trinajstić information content (AvgIpc) is 2.59. The number of carbonyl (C=O) groups is 2. The molecule has 2 aliphatic heterocycles. The van der Waals surface area contributed by atoms with Crippen LogP contribution in [-0.2, 0) is 9.59 Å². The lowest BCUT2D eigenvalue weighted by atomic mass is 9.98. The molecule has 2 unspecified atom stereocenters. The zero-order valence-electron chi connectivity index (χ0n) is 13.9. The van der Waals surface area contributed by atoms with E-state index in [0.29, 0.717) is 13.1 Å². The molecule has 0 aromatic heterocycles. The average molecular weight is 310 g/mol. The molecule has 0 spiro atoms. The van der Waals surface area contributed by atoms with Gasteiger partial charge >= 0.3 is 0 Å². The first-order valence-corrected chi connectivity index (χ1v) is 8.51. The minimum Gasteiger partial charge on any atom is -0.344 e. The Morgan fingerprint density at radius 1 is 0.864 bits per heavy atom. The van der Waals surface area contributed by atoms with E-state index in [1.54, 1.807) is 9.80 Å². The predicted octanol–water partition coefficient (Wildman–Crippen LogP) is -0.0976. The fourth-order valence-corrected chi connectivity index (χ4v) is 3.27. The van der Waals surface area contributed by atoms with Gasteiger partial charge in [-0.3, -0.25) is 9.59 Å². The van der Waals surface area contributed by atoms with Gasteiger partial charge in [-0.1, -0.05) is 0 Å². The lowest BCUT2D eigenvalue weighted by Gasteiger charge is -2.30. The van der Waals surface area contributed by atoms with Crippen LogP contribution in [0.1, 0.15) is 25.7 Å². The van der Waals surface area contributed by atoms with Crippen molar-refractivity contribution in [3.05, 3.63) is 0 Å². The third kappa shape index (κ3) is 4.68. The molecule has 6 nitrogen and oxygen atoms in total. The second-order valence-electron chi connectivity index (χ2n) is 6.61. The molecule has 126 valence electrons. The van der Waals surface area contributed by atoms with Gasteiger partial charge in [0.05, 0.1) is 11.8 Å². The molecule has 2 atom stereocenters. The van der Waals surface area contributed by atoms with Crippen LogP contribution in [0.2, 0.25) is 0 Å². The number of piperidine rings is 2. The lowest BCUT2D eigenvalue weighted by molar-refractivity contribution is -0.138. The molecule has 2 amide bonds. The summed E-state index contributed by atoms with van der Waals surface area (Å²) in [5.74, 6) is 0.601. The fourth-order valence-electron chi connectivity index (χ4n) is 3.27. The number of hydrogen-bond donors (Lipinski definition) is 2. The quantitative estimate of drug-likeness (QED) is 0.744. The number of hydrogen-bond acceptors (Lipinski definition) is 4. The SMILES string of the molecule is CN(CCN(C)C(=O)C1CCCNC1)C(=O)C1CCCNC1. The Morgan fingerprint density at radius 2 is 1.27 bits per heavy atom. The van der Waals surface area contributed by atoms with Gasteiger partial charge in [0.2, 0.25) is 11.8 Å². The minimum atomic E-state index is 0.0994. The largest absolute Gasteiger partial charge is 0.344 e. The Morgan fingerprint density at radius 3 is 1.59 bits per heavy atom. The number of likely N-dealkylation sites (N-methyl/N-ethyl adjacent to an activating group) is 2. The molecule has 0 aromatic rings. The zero-order valence-corrected chi connectivity index (χ0v) is 13.9. The summed E-state index contributed by atoms with van der Waals surface area (Å²) in [5.41, 5.74) is 0. The summed E-state index contributed by atoms with van der Waals surface area (Å²) in [4.78, 5) is 28.3. The summed E-state index contributed by atoms with van der Waals surface area (Å²) in [6.45, 7) is 4.81. The second kappa shape index (κ2) is 8.48. The smallest absolute Gasteiger partial charge is 0.226 e. The van der Waals surface area contributed by atoms with Gasteiger partial charge in [-0.15, -0.1) is 0 Å². The Labute approximate surface area is 133 Å². The van der Waals surface area contributed by atoms with Gasteiger partial charge in [0.15, 0.2) is 0 Å². The summed E-state index contributed by atoms with van der Waals surface area (Å²) in [6.07, 6.45) is 4.08. The monoisotopic (exact) mass is 310 g/mol. The van der Waals surface area contributed by atoms with Gasteiger partial charge in [-0.2, -0.15) is 0 Å². The highest BCUT2D eigenvalue weighted by Gasteiger charge is 2.26. The molecule has 0 radical (unpaired) electrons. The van der Waals surface area contributed by atoms with Crippen molar-refractivity contribution in [1.29, 1.82) is 0 Å². The molecule has 6 heteroatoms. The van der Waals surface area contributed by atoms with Crippen molar-refractivity contribution in [3.8, 4) is 0 Å². The van der Waals surface area contributed by atoms with E-state index in [2.05, 4.69) is 10.6 Å². The molecule has 2 fully saturated rings. The van der Waals surface area contributed by atoms with Gasteiger partial charge in [-0.25, -0.2) is 0 Å². The minimum absolute atomic E-state index is 0.0994. The van der Waals surface area contributed by atoms with Crippen molar-refractivity contribution >= 4 is 11.8 Å². The van der Waals surface area contributed by atoms with E-state index >= 15 is 0 Å². The molecule has 0 saturated carbocycles. The van der Waals surface area contributed by atoms with Crippen molar-refractivity contribution in [2.75, 3.05) is 53.4 Å². The van der Waals surface area contributed by atoms with E-state index in [9.17, 15) is 9.59 Å². The molecule has 0 bridgehead atoms. The van der Waals surface area contributed by atoms with Crippen molar-refractivity contribution < 1.29 is 9.59 Å². The Hall–Kier alpha value is -1.14. The van der Waals surface area contributed by atoms with Crippen molar-refractivity contribution in [3.63, 3.8) is 0 Å². The van der Waals surface area contributed by atoms with Crippen LogP contribution >= 0.6 is 0 Å². The van der Waals surface area contributed by atoms with Gasteiger partial charge in [0.25, 0.3) is 0 Å². The van der Waals surface area contributed by atoms with Gasteiger partial charge in [0.1, 0.15) is 0 Å². The summed E-state index contributed by atoms with van der Waals surface area (Å²) >= 11 is 0. The highest BCUT2D eigenvalue weighted by molar-refractivity contribution is 5.80. The first kappa shape index (κ1) is 17.2. The predicted molar refractivity (Wildman–Crippen MR) is 86.5 cm³/mol. The summed E-state index contributed by atoms with van der Waals surface area (Å²) in [7, 11) is 3.69. The Kier molecular flexibility index (Phi) is 6.64. The number of rotatable bonds is 5. The second-order valence-corrected chi connectivity index (χ2v) is 6.61. The highest BCUT2D eigenvalue weighted by atomic mass is 16.2. The summed E-state index contributed by atoms with van der Waals surface area (Å²) in [6, 6.07) is 0. The van der Waals surface area contributed by atoms with E-state index in [-0.39, 0.29) is 23.7 Å². The summed E-state index contributed by atoms with van der Waals surface area (Å²) < 4.78 is 0. The van der Waals surface area contributed by atoms with Gasteiger partial charge < -0.3 is 20.4 Å². The highest BCUT2D eigenvalue weighted by Crippen LogP contribution is 2.14. The van der Waals surface area contributed by atoms with Crippen LogP contribution in [0.4, 0.5) is 0 Å². The van der Waals surface area contributed by atoms with E-state index in [1.165, 1.54) is 0 Å². The maximum atomic E-state index is 12.4. The van der Waals surface area contributed by atoms with Crippen LogP contribution in [-0.4, -0.2) is 75.0 Å². The van der Waals surface area contributed by atoms with Crippen LogP contribution in [0.25, 0.3) is 0 Å². The first-order chi connectivity index (χ1) is 10.6. The third-order valence-corrected chi connectivity index (χ3v) is 4.82. The van der Waals surface area contributed by atoms with E-state index in [1.807, 2.05) is 14.1 Å². The van der Waals surface area contributed by atoms with Crippen molar-refractivity contribution in [2.45, 2.75) is 25.7 Å². The molecule has 2 aliphatic rings. The standard InChI is InChI=1S/C16H30N4O2/c1-19(15(21)13-5-3-7-17-11-13)9-10-20(2)16(22)14-6-4-8-18-12-14/h13-14,17-18H,3-12H2,1-2H3. The maximum absolute atomic E-state index is 12.4. The molecule has 0 aliphatic carbocycles. The van der Waals surface area contributed by atoms with E-state index in [4.69, 9.17) is 0 Å². The number of nitrogens with zero attached hydrogens (tertiary/aromatic N) is 2. The van der Waals surface area contributed by atoms with Crippen molar-refractivity contribution in [2.24, 2.45) is 11.8 Å². The van der Waals surface area contributed by atoms with Crippen LogP contribution in [0.15, 0.2) is 0 Å². The van der Waals surface area contributed by atoms with Gasteiger partial charge in [0, 0.05) is 40.3 Å². The molecule has 2 rings (SSSR count). The topological polar surface area (TPSA) is 64.7 Å². The van der Waals surface area contributed by atoms with Crippen LogP contribution in [0, 0.1) is 11.8 Å². The molecule has 2 saturated heterocycles. The normalized spacial score (nSPS) is 25.5. The molecule has 22 heavy (non-hydrogen) atoms. The van der Waals surface area contributed by atoms with Gasteiger partial charge in [-0.05, 0) is 38.8 Å². The van der Waals surface area contributed by atoms with Crippen molar-refractivity contribution in [1.82, 2.24) is 20.4 Å². The van der Waals surface area contributed by atoms with E-state index < -0.39 is 0 Å². The number of carbonyl (C=O) groups excluding carboxylic acids is 2. The van der Waals surface area contributed by atoms with Crippen LogP contribution in [0.5, 0.6) is 0 Å². The molecule has 0 aromatic carbocycles. The van der Waals surface area contributed by atoms with E-state index in [0.717, 1.165) is 51.9 Å². The molecular weight excluding hydrogens is 280 g/mol. The maximum Gasteiger partial charge on any atom is 0.226 e. The molecule has 2 heterocycles. The zero-order chi connectivity index (χ0) is 15.9. The van der Waals surface area contributed by atoms with Crippen LogP contribution in [0.3, 0.4) is 0 Å². The number of amides is 2. The fraction of sp³-hybridized carbons (Fsp3) is 0.875. The molecule has 2 N–H and O–H groups in total. The third-order valence-electron chi connectivity index (χ3n) is 4.82. The van der Waals surface area contributed by atoms with Crippen LogP contribution < -0.4 is 10.6 Å². The first-order valence-electron chi connectivity index (χ1n) is 8.51. The Bertz CT molecular complexity index is 340. The number of nitrogens with one attached hydrogen (secondary N) is 2.